The second kappa shape index (κ2) is 13.1. The second-order valence-electron chi connectivity index (χ2n) is 7.36. The van der Waals surface area contributed by atoms with Crippen LogP contribution in [0, 0.1) is 6.92 Å². The molecule has 0 bridgehead atoms. The van der Waals surface area contributed by atoms with Crippen LogP contribution in [0.25, 0.3) is 0 Å². The Hall–Kier alpha value is -2.80. The fourth-order valence-corrected chi connectivity index (χ4v) is 5.36. The number of thioether (sulfide) groups is 1. The van der Waals surface area contributed by atoms with Crippen LogP contribution in [0.4, 0.5) is 5.00 Å². The molecule has 0 unspecified atom stereocenters. The van der Waals surface area contributed by atoms with E-state index in [-0.39, 0.29) is 41.0 Å². The summed E-state index contributed by atoms with van der Waals surface area (Å²) in [5.41, 5.74) is 0.524. The van der Waals surface area contributed by atoms with Gasteiger partial charge in [-0.1, -0.05) is 35.0 Å². The molecule has 0 saturated heterocycles. The number of thiophene rings is 1. The molecule has 3 rings (SSSR count). The lowest BCUT2D eigenvalue weighted by molar-refractivity contribution is -0.113. The van der Waals surface area contributed by atoms with Crippen LogP contribution in [0.15, 0.2) is 23.4 Å². The van der Waals surface area contributed by atoms with Crippen molar-refractivity contribution in [2.45, 2.75) is 32.5 Å². The number of carbonyl (C=O) groups is 3. The Morgan fingerprint density at radius 1 is 1.11 bits per heavy atom. The van der Waals surface area contributed by atoms with Crippen LogP contribution < -0.4 is 10.1 Å². The molecule has 0 saturated carbocycles. The van der Waals surface area contributed by atoms with Crippen molar-refractivity contribution in [3.8, 4) is 5.75 Å². The molecule has 2 aromatic heterocycles. The molecule has 0 aliphatic heterocycles. The number of hydrogen-bond donors (Lipinski definition) is 1. The topological polar surface area (TPSA) is 122 Å². The molecule has 1 N–H and O–H groups in total. The molecule has 0 atom stereocenters. The summed E-state index contributed by atoms with van der Waals surface area (Å²) in [6.07, 6.45) is 0. The molecule has 0 fully saturated rings. The molecule has 0 aliphatic carbocycles. The van der Waals surface area contributed by atoms with Crippen LogP contribution in [-0.2, 0) is 27.9 Å². The first-order valence-corrected chi connectivity index (χ1v) is 13.6. The molecule has 0 aliphatic rings. The summed E-state index contributed by atoms with van der Waals surface area (Å²) in [4.78, 5) is 37.8. The lowest BCUT2D eigenvalue weighted by Gasteiger charge is -2.08. The van der Waals surface area contributed by atoms with E-state index in [0.717, 1.165) is 23.1 Å². The van der Waals surface area contributed by atoms with Gasteiger partial charge in [0.1, 0.15) is 22.2 Å². The number of halogens is 2. The third kappa shape index (κ3) is 7.16. The maximum absolute atomic E-state index is 12.7. The second-order valence-corrected chi connectivity index (χ2v) is 10.2. The molecule has 37 heavy (non-hydrogen) atoms. The van der Waals surface area contributed by atoms with Gasteiger partial charge < -0.3 is 24.1 Å². The highest BCUT2D eigenvalue weighted by atomic mass is 35.5. The molecule has 3 aromatic rings. The molecular weight excluding hydrogens is 563 g/mol. The van der Waals surface area contributed by atoms with Crippen molar-refractivity contribution in [3.05, 3.63) is 50.1 Å². The highest BCUT2D eigenvalue weighted by molar-refractivity contribution is 7.99. The number of nitrogens with one attached hydrogen (secondary N) is 1. The number of aromatic nitrogens is 3. The van der Waals surface area contributed by atoms with Gasteiger partial charge in [0.05, 0.1) is 29.6 Å². The summed E-state index contributed by atoms with van der Waals surface area (Å²) in [5.74, 6) is -0.655. The number of ether oxygens (including phenoxy) is 3. The van der Waals surface area contributed by atoms with E-state index < -0.39 is 17.8 Å². The Kier molecular flexibility index (Phi) is 10.2. The number of hydrogen-bond acceptors (Lipinski definition) is 10. The van der Waals surface area contributed by atoms with Crippen molar-refractivity contribution in [3.63, 3.8) is 0 Å². The van der Waals surface area contributed by atoms with Gasteiger partial charge >= 0.3 is 11.9 Å². The number of amides is 1. The van der Waals surface area contributed by atoms with Gasteiger partial charge in [-0.25, -0.2) is 9.59 Å². The van der Waals surface area contributed by atoms with E-state index in [4.69, 9.17) is 37.4 Å². The van der Waals surface area contributed by atoms with E-state index in [2.05, 4.69) is 15.5 Å². The van der Waals surface area contributed by atoms with E-state index in [1.54, 1.807) is 50.6 Å². The van der Waals surface area contributed by atoms with Crippen LogP contribution in [0.1, 0.15) is 45.3 Å². The van der Waals surface area contributed by atoms with E-state index in [0.29, 0.717) is 32.3 Å². The van der Waals surface area contributed by atoms with Crippen LogP contribution in [0.5, 0.6) is 5.75 Å². The summed E-state index contributed by atoms with van der Waals surface area (Å²) >= 11 is 14.1. The maximum atomic E-state index is 12.7. The average molecular weight is 588 g/mol. The monoisotopic (exact) mass is 586 g/mol. The standard InChI is InChI=1S/C23H24Cl2N4O6S2/c1-5-33-21(31)18-12(3)19(22(32)34-6-2)37-20(18)26-17(30)11-36-23-28-27-16(29(23)4)10-35-15-8-7-13(24)9-14(15)25/h7-9H,5-6,10-11H2,1-4H3,(H,26,30). The fourth-order valence-electron chi connectivity index (χ4n) is 3.07. The molecule has 14 heteroatoms. The highest BCUT2D eigenvalue weighted by Crippen LogP contribution is 2.34. The van der Waals surface area contributed by atoms with Crippen molar-refractivity contribution >= 4 is 69.1 Å². The zero-order chi connectivity index (χ0) is 27.1. The van der Waals surface area contributed by atoms with Gasteiger partial charge in [-0.15, -0.1) is 21.5 Å². The first-order chi connectivity index (χ1) is 17.7. The van der Waals surface area contributed by atoms with Gasteiger partial charge in [-0.05, 0) is 44.5 Å². The van der Waals surface area contributed by atoms with Gasteiger partial charge in [0.15, 0.2) is 11.0 Å². The van der Waals surface area contributed by atoms with Crippen LogP contribution in [0.3, 0.4) is 0 Å². The quantitative estimate of drug-likeness (QED) is 0.240. The fraction of sp³-hybridized carbons (Fsp3) is 0.348. The molecule has 0 spiro atoms. The summed E-state index contributed by atoms with van der Waals surface area (Å²) in [6, 6.07) is 4.90. The Morgan fingerprint density at radius 3 is 2.49 bits per heavy atom. The third-order valence-electron chi connectivity index (χ3n) is 4.85. The smallest absolute Gasteiger partial charge is 0.348 e. The van der Waals surface area contributed by atoms with E-state index >= 15 is 0 Å². The number of benzene rings is 1. The van der Waals surface area contributed by atoms with Crippen molar-refractivity contribution < 1.29 is 28.6 Å². The van der Waals surface area contributed by atoms with Crippen molar-refractivity contribution in [2.24, 2.45) is 7.05 Å². The maximum Gasteiger partial charge on any atom is 0.348 e. The summed E-state index contributed by atoms with van der Waals surface area (Å²) in [7, 11) is 1.75. The minimum absolute atomic E-state index is 0.0240. The lowest BCUT2D eigenvalue weighted by atomic mass is 10.1. The SMILES string of the molecule is CCOC(=O)c1sc(NC(=O)CSc2nnc(COc3ccc(Cl)cc3Cl)n2C)c(C(=O)OCC)c1C. The van der Waals surface area contributed by atoms with E-state index in [1.807, 2.05) is 0 Å². The number of carbonyl (C=O) groups excluding carboxylic acids is 3. The molecule has 198 valence electrons. The van der Waals surface area contributed by atoms with E-state index in [1.165, 1.54) is 0 Å². The minimum atomic E-state index is -0.631. The lowest BCUT2D eigenvalue weighted by Crippen LogP contribution is -2.17. The number of nitrogens with zero attached hydrogens (tertiary/aromatic N) is 3. The highest BCUT2D eigenvalue weighted by Gasteiger charge is 2.27. The summed E-state index contributed by atoms with van der Waals surface area (Å²) in [5, 5.41) is 12.5. The van der Waals surface area contributed by atoms with Crippen LogP contribution in [-0.4, -0.2) is 51.6 Å². The predicted octanol–water partition coefficient (Wildman–Crippen LogP) is 5.16. The molecule has 1 aromatic carbocycles. The normalized spacial score (nSPS) is 10.8. The van der Waals surface area contributed by atoms with Gasteiger partial charge in [0.25, 0.3) is 0 Å². The first-order valence-electron chi connectivity index (χ1n) is 11.0. The zero-order valence-corrected chi connectivity index (χ0v) is 23.6. The first kappa shape index (κ1) is 28.8. The van der Waals surface area contributed by atoms with Gasteiger partial charge in [-0.3, -0.25) is 4.79 Å². The Balaban J connectivity index is 1.66. The van der Waals surface area contributed by atoms with E-state index in [9.17, 15) is 14.4 Å². The van der Waals surface area contributed by atoms with Gasteiger partial charge in [-0.2, -0.15) is 0 Å². The minimum Gasteiger partial charge on any atom is -0.484 e. The Bertz CT molecular complexity index is 1310. The van der Waals surface area contributed by atoms with Crippen molar-refractivity contribution in [1.29, 1.82) is 0 Å². The predicted molar refractivity (Wildman–Crippen MR) is 142 cm³/mol. The van der Waals surface area contributed by atoms with Crippen LogP contribution in [0.2, 0.25) is 10.0 Å². The molecule has 0 radical (unpaired) electrons. The zero-order valence-electron chi connectivity index (χ0n) is 20.4. The third-order valence-corrected chi connectivity index (χ3v) is 7.59. The molecule has 1 amide bonds. The van der Waals surface area contributed by atoms with Crippen molar-refractivity contribution in [2.75, 3.05) is 24.3 Å². The summed E-state index contributed by atoms with van der Waals surface area (Å²) in [6.45, 7) is 5.40. The molecule has 2 heterocycles. The largest absolute Gasteiger partial charge is 0.484 e. The molecule has 10 nitrogen and oxygen atoms in total. The number of esters is 2. The average Bonchev–Trinajstić information content (AvgIpc) is 3.36. The van der Waals surface area contributed by atoms with Gasteiger partial charge in [0, 0.05) is 12.1 Å². The number of anilines is 1. The molecular formula is C23H24Cl2N4O6S2. The summed E-state index contributed by atoms with van der Waals surface area (Å²) < 4.78 is 17.6. The van der Waals surface area contributed by atoms with Gasteiger partial charge in [0.2, 0.25) is 5.91 Å². The Morgan fingerprint density at radius 2 is 1.81 bits per heavy atom. The Labute approximate surface area is 231 Å². The van der Waals surface area contributed by atoms with Crippen molar-refractivity contribution in [1.82, 2.24) is 14.8 Å². The van der Waals surface area contributed by atoms with Crippen LogP contribution >= 0.6 is 46.3 Å². The number of rotatable bonds is 11.